The van der Waals surface area contributed by atoms with Crippen LogP contribution >= 0.6 is 0 Å². The van der Waals surface area contributed by atoms with Gasteiger partial charge in [0.2, 0.25) is 0 Å². The highest BCUT2D eigenvalue weighted by Gasteiger charge is 2.74. The maximum Gasteiger partial charge on any atom is 0.415 e. The number of halogens is 7. The lowest BCUT2D eigenvalue weighted by Gasteiger charge is -2.17. The molecule has 12 heteroatoms. The zero-order valence-electron chi connectivity index (χ0n) is 13.2. The first kappa shape index (κ1) is 19.9. The van der Waals surface area contributed by atoms with Gasteiger partial charge in [0, 0.05) is 11.6 Å². The van der Waals surface area contributed by atoms with Crippen molar-refractivity contribution in [1.29, 1.82) is 5.26 Å². The third-order valence-corrected chi connectivity index (χ3v) is 5.82. The van der Waals surface area contributed by atoms with Crippen molar-refractivity contribution in [3.8, 4) is 17.6 Å². The minimum absolute atomic E-state index is 0.222. The van der Waals surface area contributed by atoms with Crippen molar-refractivity contribution in [3.63, 3.8) is 0 Å². The summed E-state index contributed by atoms with van der Waals surface area (Å²) in [6, 6.07) is 4.52. The van der Waals surface area contributed by atoms with Gasteiger partial charge in [-0.15, -0.1) is 0 Å². The van der Waals surface area contributed by atoms with E-state index in [0.29, 0.717) is 12.1 Å². The van der Waals surface area contributed by atoms with Crippen molar-refractivity contribution in [2.45, 2.75) is 22.5 Å². The van der Waals surface area contributed by atoms with E-state index >= 15 is 0 Å². The highest BCUT2D eigenvalue weighted by molar-refractivity contribution is 7.93. The van der Waals surface area contributed by atoms with Crippen molar-refractivity contribution in [2.24, 2.45) is 0 Å². The minimum atomic E-state index is -6.17. The Bertz CT molecular complexity index is 1120. The van der Waals surface area contributed by atoms with Gasteiger partial charge >= 0.3 is 11.2 Å². The standard InChI is InChI=1S/C16H6F7NO3S/c17-8-3-7(6-24)4-9(5-8)27-11-2-1-10-13(12(11)14(18)19)28(25,26)16(22,23)15(10,20)21/h1-5,14H. The molecule has 0 saturated heterocycles. The summed E-state index contributed by atoms with van der Waals surface area (Å²) < 4.78 is 124. The molecule has 0 fully saturated rings. The summed E-state index contributed by atoms with van der Waals surface area (Å²) in [5, 5.41) is 3.13. The molecule has 1 heterocycles. The Hall–Kier alpha value is -2.81. The molecule has 0 saturated carbocycles. The van der Waals surface area contributed by atoms with E-state index in [2.05, 4.69) is 0 Å². The van der Waals surface area contributed by atoms with Crippen LogP contribution in [0, 0.1) is 17.1 Å². The van der Waals surface area contributed by atoms with Crippen LogP contribution in [0.2, 0.25) is 0 Å². The smallest absolute Gasteiger partial charge is 0.415 e. The van der Waals surface area contributed by atoms with E-state index < -0.39 is 60.8 Å². The summed E-state index contributed by atoms with van der Waals surface area (Å²) in [5.74, 6) is -7.86. The summed E-state index contributed by atoms with van der Waals surface area (Å²) in [4.78, 5) is -1.94. The molecular weight excluding hydrogens is 419 g/mol. The number of fused-ring (bicyclic) bond motifs is 1. The van der Waals surface area contributed by atoms with Crippen LogP contribution < -0.4 is 4.74 Å². The van der Waals surface area contributed by atoms with Crippen LogP contribution in [-0.4, -0.2) is 13.7 Å². The number of rotatable bonds is 3. The Morgan fingerprint density at radius 2 is 1.71 bits per heavy atom. The zero-order chi connectivity index (χ0) is 21.1. The third kappa shape index (κ3) is 2.61. The predicted octanol–water partition coefficient (Wildman–Crippen LogP) is 4.90. The second kappa shape index (κ2) is 6.10. The van der Waals surface area contributed by atoms with Crippen LogP contribution in [-0.2, 0) is 15.8 Å². The fraction of sp³-hybridized carbons (Fsp3) is 0.188. The van der Waals surface area contributed by atoms with Crippen LogP contribution in [0.5, 0.6) is 11.5 Å². The zero-order valence-corrected chi connectivity index (χ0v) is 14.0. The monoisotopic (exact) mass is 425 g/mol. The maximum atomic E-state index is 13.9. The molecule has 3 rings (SSSR count). The Labute approximate surface area is 152 Å². The summed E-state index contributed by atoms with van der Waals surface area (Å²) in [6.45, 7) is 0. The molecule has 0 aliphatic carbocycles. The van der Waals surface area contributed by atoms with Gasteiger partial charge in [-0.25, -0.2) is 21.6 Å². The first-order chi connectivity index (χ1) is 12.8. The predicted molar refractivity (Wildman–Crippen MR) is 78.6 cm³/mol. The normalized spacial score (nSPS) is 18.5. The molecule has 0 aromatic heterocycles. The second-order valence-corrected chi connectivity index (χ2v) is 7.57. The number of nitriles is 1. The molecule has 0 amide bonds. The molecule has 0 unspecified atom stereocenters. The molecule has 0 spiro atoms. The average Bonchev–Trinajstić information content (AvgIpc) is 2.69. The second-order valence-electron chi connectivity index (χ2n) is 5.64. The average molecular weight is 425 g/mol. The van der Waals surface area contributed by atoms with Crippen molar-refractivity contribution in [2.75, 3.05) is 0 Å². The Kier molecular flexibility index (Phi) is 4.34. The van der Waals surface area contributed by atoms with Gasteiger partial charge in [-0.3, -0.25) is 0 Å². The summed E-state index contributed by atoms with van der Waals surface area (Å²) in [5.41, 5.74) is -3.80. The number of nitrogens with zero attached hydrogens (tertiary/aromatic N) is 1. The number of benzene rings is 2. The number of hydrogen-bond donors (Lipinski definition) is 0. The van der Waals surface area contributed by atoms with Crippen molar-refractivity contribution in [3.05, 3.63) is 52.8 Å². The van der Waals surface area contributed by atoms with Gasteiger partial charge in [0.05, 0.1) is 22.1 Å². The fourth-order valence-electron chi connectivity index (χ4n) is 2.68. The number of alkyl halides is 6. The number of hydrogen-bond acceptors (Lipinski definition) is 4. The first-order valence-corrected chi connectivity index (χ1v) is 8.67. The number of sulfone groups is 1. The summed E-state index contributed by atoms with van der Waals surface area (Å²) in [6.07, 6.45) is -3.80. The van der Waals surface area contributed by atoms with Gasteiger partial charge in [0.15, 0.2) is 0 Å². The Balaban J connectivity index is 2.26. The first-order valence-electron chi connectivity index (χ1n) is 7.19. The minimum Gasteiger partial charge on any atom is -0.457 e. The van der Waals surface area contributed by atoms with Crippen molar-refractivity contribution >= 4 is 9.84 Å². The Morgan fingerprint density at radius 3 is 2.29 bits per heavy atom. The lowest BCUT2D eigenvalue weighted by Crippen LogP contribution is -2.38. The van der Waals surface area contributed by atoms with Crippen LogP contribution in [0.3, 0.4) is 0 Å². The third-order valence-electron chi connectivity index (χ3n) is 3.91. The molecular formula is C16H6F7NO3S. The summed E-state index contributed by atoms with van der Waals surface area (Å²) in [7, 11) is -6.17. The molecule has 4 nitrogen and oxygen atoms in total. The largest absolute Gasteiger partial charge is 0.457 e. The maximum absolute atomic E-state index is 13.9. The molecule has 0 N–H and O–H groups in total. The highest BCUT2D eigenvalue weighted by Crippen LogP contribution is 2.59. The SMILES string of the molecule is N#Cc1cc(F)cc(Oc2ccc3c(c2C(F)F)S(=O)(=O)C(F)(F)C3(F)F)c1. The molecule has 2 aromatic rings. The topological polar surface area (TPSA) is 67.2 Å². The fourth-order valence-corrected chi connectivity index (χ4v) is 4.35. The molecule has 1 aliphatic heterocycles. The molecule has 2 aromatic carbocycles. The molecule has 1 aliphatic rings. The Morgan fingerprint density at radius 1 is 1.07 bits per heavy atom. The van der Waals surface area contributed by atoms with E-state index in [1.54, 1.807) is 6.07 Å². The van der Waals surface area contributed by atoms with E-state index in [-0.39, 0.29) is 11.6 Å². The quantitative estimate of drug-likeness (QED) is 0.657. The van der Waals surface area contributed by atoms with Gasteiger partial charge in [0.1, 0.15) is 17.3 Å². The van der Waals surface area contributed by atoms with E-state index in [4.69, 9.17) is 10.00 Å². The van der Waals surface area contributed by atoms with E-state index in [0.717, 1.165) is 12.1 Å². The van der Waals surface area contributed by atoms with Crippen molar-refractivity contribution in [1.82, 2.24) is 0 Å². The summed E-state index contributed by atoms with van der Waals surface area (Å²) >= 11 is 0. The lowest BCUT2D eigenvalue weighted by molar-refractivity contribution is -0.158. The van der Waals surface area contributed by atoms with Crippen LogP contribution in [0.4, 0.5) is 30.7 Å². The van der Waals surface area contributed by atoms with E-state index in [1.807, 2.05) is 0 Å². The molecule has 0 bridgehead atoms. The number of ether oxygens (including phenoxy) is 1. The van der Waals surface area contributed by atoms with Gasteiger partial charge in [-0.1, -0.05) is 0 Å². The van der Waals surface area contributed by atoms with E-state index in [9.17, 15) is 39.2 Å². The molecule has 0 atom stereocenters. The van der Waals surface area contributed by atoms with Crippen LogP contribution in [0.25, 0.3) is 0 Å². The van der Waals surface area contributed by atoms with Gasteiger partial charge in [0.25, 0.3) is 16.3 Å². The van der Waals surface area contributed by atoms with Gasteiger partial charge in [-0.05, 0) is 24.3 Å². The van der Waals surface area contributed by atoms with Gasteiger partial charge < -0.3 is 4.74 Å². The molecule has 0 radical (unpaired) electrons. The lowest BCUT2D eigenvalue weighted by atomic mass is 10.0. The highest BCUT2D eigenvalue weighted by atomic mass is 32.2. The van der Waals surface area contributed by atoms with E-state index in [1.165, 1.54) is 0 Å². The van der Waals surface area contributed by atoms with Crippen molar-refractivity contribution < 1.29 is 43.9 Å². The van der Waals surface area contributed by atoms with Gasteiger partial charge in [-0.2, -0.15) is 22.8 Å². The molecule has 28 heavy (non-hydrogen) atoms. The van der Waals surface area contributed by atoms with Crippen LogP contribution in [0.1, 0.15) is 23.1 Å². The van der Waals surface area contributed by atoms with Crippen LogP contribution in [0.15, 0.2) is 35.2 Å². The molecule has 148 valence electrons.